The molecule has 0 radical (unpaired) electrons. The van der Waals surface area contributed by atoms with Crippen molar-refractivity contribution in [3.05, 3.63) is 48.2 Å². The molecule has 10 heteroatoms. The van der Waals surface area contributed by atoms with Crippen molar-refractivity contribution in [2.24, 2.45) is 0 Å². The maximum Gasteiger partial charge on any atom is 0.262 e. The summed E-state index contributed by atoms with van der Waals surface area (Å²) in [6.45, 7) is 10.4. The average molecular weight is 520 g/mol. The molecule has 0 saturated heterocycles. The van der Waals surface area contributed by atoms with Crippen LogP contribution in [0.15, 0.2) is 47.5 Å². The van der Waals surface area contributed by atoms with Crippen LogP contribution in [-0.4, -0.2) is 51.0 Å². The quantitative estimate of drug-likeness (QED) is 0.230. The number of fused-ring (bicyclic) bond motifs is 1. The number of anilines is 1. The number of hydrogen-bond donors (Lipinski definition) is 2. The van der Waals surface area contributed by atoms with Crippen molar-refractivity contribution in [2.45, 2.75) is 63.5 Å². The largest absolute Gasteiger partial charge is 0.476 e. The second-order valence-corrected chi connectivity index (χ2v) is 17.2. The van der Waals surface area contributed by atoms with Crippen LogP contribution in [0.4, 0.5) is 5.69 Å². The van der Waals surface area contributed by atoms with Gasteiger partial charge in [-0.3, -0.25) is 4.72 Å². The summed E-state index contributed by atoms with van der Waals surface area (Å²) in [4.78, 5) is 4.84. The summed E-state index contributed by atoms with van der Waals surface area (Å²) >= 11 is 0. The van der Waals surface area contributed by atoms with Crippen LogP contribution in [0.1, 0.15) is 24.8 Å². The van der Waals surface area contributed by atoms with Crippen molar-refractivity contribution >= 4 is 34.8 Å². The molecule has 0 aliphatic heterocycles. The van der Waals surface area contributed by atoms with E-state index in [1.54, 1.807) is 30.3 Å². The average Bonchev–Trinajstić information content (AvgIpc) is 3.17. The molecular weight excluding hydrogens is 482 g/mol. The van der Waals surface area contributed by atoms with Crippen LogP contribution in [0.25, 0.3) is 11.0 Å². The van der Waals surface area contributed by atoms with Gasteiger partial charge in [0.2, 0.25) is 5.88 Å². The first-order chi connectivity index (χ1) is 16.6. The smallest absolute Gasteiger partial charge is 0.262 e. The van der Waals surface area contributed by atoms with Gasteiger partial charge in [0.25, 0.3) is 10.0 Å². The molecule has 35 heavy (non-hydrogen) atoms. The molecule has 0 atom stereocenters. The topological polar surface area (TPSA) is 103 Å². The summed E-state index contributed by atoms with van der Waals surface area (Å²) < 4.78 is 42.4. The Bertz CT molecular complexity index is 1200. The zero-order valence-electron chi connectivity index (χ0n) is 21.1. The third-order valence-electron chi connectivity index (χ3n) is 5.55. The lowest BCUT2D eigenvalue weighted by Crippen LogP contribution is -2.22. The number of sulfonamides is 1. The number of aromatic nitrogens is 2. The first-order valence-corrected chi connectivity index (χ1v) is 17.2. The lowest BCUT2D eigenvalue weighted by atomic mass is 10.2. The Hall–Kier alpha value is -2.40. The first-order valence-electron chi connectivity index (χ1n) is 12.0. The molecule has 0 bridgehead atoms. The van der Waals surface area contributed by atoms with E-state index in [1.165, 1.54) is 0 Å². The van der Waals surface area contributed by atoms with Crippen LogP contribution in [0.2, 0.25) is 25.7 Å². The fourth-order valence-electron chi connectivity index (χ4n) is 3.41. The van der Waals surface area contributed by atoms with Crippen molar-refractivity contribution in [2.75, 3.05) is 24.5 Å². The summed E-state index contributed by atoms with van der Waals surface area (Å²) in [5, 5.41) is 9.78. The molecule has 3 rings (SSSR count). The summed E-state index contributed by atoms with van der Waals surface area (Å²) in [7, 11) is -4.99. The van der Waals surface area contributed by atoms with Crippen LogP contribution in [0.5, 0.6) is 5.88 Å². The van der Waals surface area contributed by atoms with Gasteiger partial charge in [0.1, 0.15) is 18.1 Å². The lowest BCUT2D eigenvalue weighted by Gasteiger charge is -2.16. The molecule has 0 aliphatic rings. The van der Waals surface area contributed by atoms with E-state index in [0.29, 0.717) is 32.0 Å². The normalized spacial score (nSPS) is 12.3. The molecule has 0 aliphatic carbocycles. The van der Waals surface area contributed by atoms with Gasteiger partial charge in [-0.2, -0.15) is 4.98 Å². The van der Waals surface area contributed by atoms with Crippen LogP contribution < -0.4 is 9.46 Å². The molecule has 2 N–H and O–H groups in total. The Morgan fingerprint density at radius 2 is 1.80 bits per heavy atom. The van der Waals surface area contributed by atoms with E-state index < -0.39 is 18.1 Å². The summed E-state index contributed by atoms with van der Waals surface area (Å²) in [5.74, 6) is 0.222. The van der Waals surface area contributed by atoms with Crippen molar-refractivity contribution in [3.8, 4) is 5.88 Å². The predicted octanol–water partition coefficient (Wildman–Crippen LogP) is 5.00. The maximum atomic E-state index is 13.0. The zero-order chi connectivity index (χ0) is 25.5. The Kier molecular flexibility index (Phi) is 9.34. The van der Waals surface area contributed by atoms with Crippen molar-refractivity contribution in [1.29, 1.82) is 0 Å². The number of pyridine rings is 1. The minimum Gasteiger partial charge on any atom is -0.476 e. The zero-order valence-corrected chi connectivity index (χ0v) is 22.9. The van der Waals surface area contributed by atoms with Crippen LogP contribution in [-0.2, 0) is 21.5 Å². The Morgan fingerprint density at radius 3 is 2.49 bits per heavy atom. The third-order valence-corrected chi connectivity index (χ3v) is 8.63. The second kappa shape index (κ2) is 12.0. The highest BCUT2D eigenvalue weighted by Crippen LogP contribution is 2.30. The molecule has 0 spiro atoms. The number of aliphatic hydroxyl groups is 1. The van der Waals surface area contributed by atoms with Gasteiger partial charge in [0.15, 0.2) is 0 Å². The van der Waals surface area contributed by atoms with E-state index in [0.717, 1.165) is 29.8 Å². The number of hydrogen-bond acceptors (Lipinski definition) is 6. The summed E-state index contributed by atoms with van der Waals surface area (Å²) in [6.07, 6.45) is 4.12. The fourth-order valence-corrected chi connectivity index (χ4v) is 5.21. The molecule has 0 amide bonds. The number of nitrogens with one attached hydrogen (secondary N) is 1. The molecule has 0 unspecified atom stereocenters. The van der Waals surface area contributed by atoms with Gasteiger partial charge in [-0.15, -0.1) is 0 Å². The molecule has 8 nitrogen and oxygen atoms in total. The minimum absolute atomic E-state index is 0.136. The summed E-state index contributed by atoms with van der Waals surface area (Å²) in [6, 6.07) is 11.4. The number of ether oxygens (including phenoxy) is 2. The van der Waals surface area contributed by atoms with Gasteiger partial charge in [0, 0.05) is 32.9 Å². The van der Waals surface area contributed by atoms with Crippen molar-refractivity contribution in [3.63, 3.8) is 0 Å². The van der Waals surface area contributed by atoms with Gasteiger partial charge in [-0.25, -0.2) is 8.42 Å². The van der Waals surface area contributed by atoms with Gasteiger partial charge >= 0.3 is 0 Å². The summed E-state index contributed by atoms with van der Waals surface area (Å²) in [5.41, 5.74) is 1.94. The van der Waals surface area contributed by atoms with Crippen molar-refractivity contribution < 1.29 is 23.0 Å². The number of benzene rings is 1. The monoisotopic (exact) mass is 519 g/mol. The maximum absolute atomic E-state index is 13.0. The van der Waals surface area contributed by atoms with E-state index in [4.69, 9.17) is 14.6 Å². The van der Waals surface area contributed by atoms with E-state index in [1.807, 2.05) is 23.8 Å². The second-order valence-electron chi connectivity index (χ2n) is 9.94. The molecule has 192 valence electrons. The minimum atomic E-state index is -3.82. The SMILES string of the molecule is Cc1ccc(S(=O)(=O)Nc2cc3ccn(COCC[Si](C)(C)C)c3nc2OCCCCCO)cc1. The molecule has 1 aromatic carbocycles. The molecule has 0 fully saturated rings. The standard InChI is InChI=1S/C25H37N3O5SSi/c1-20-8-10-22(11-9-20)34(30,31)27-23-18-21-12-13-28(19-32-16-17-35(2,3)4)24(21)26-25(23)33-15-7-5-6-14-29/h8-13,18,27,29H,5-7,14-17,19H2,1-4H3. The molecule has 3 aromatic rings. The predicted molar refractivity (Wildman–Crippen MR) is 142 cm³/mol. The van der Waals surface area contributed by atoms with Crippen LogP contribution >= 0.6 is 0 Å². The van der Waals surface area contributed by atoms with Gasteiger partial charge in [0.05, 0.1) is 11.5 Å². The van der Waals surface area contributed by atoms with Gasteiger partial charge in [-0.05, 0) is 56.5 Å². The third kappa shape index (κ3) is 8.06. The van der Waals surface area contributed by atoms with Gasteiger partial charge in [-0.1, -0.05) is 37.3 Å². The van der Waals surface area contributed by atoms with E-state index in [9.17, 15) is 8.42 Å². The first kappa shape index (κ1) is 27.2. The molecule has 2 aromatic heterocycles. The molecule has 0 saturated carbocycles. The lowest BCUT2D eigenvalue weighted by molar-refractivity contribution is 0.0898. The highest BCUT2D eigenvalue weighted by Gasteiger charge is 2.20. The number of rotatable bonds is 14. The van der Waals surface area contributed by atoms with Crippen LogP contribution in [0.3, 0.4) is 0 Å². The Morgan fingerprint density at radius 1 is 1.06 bits per heavy atom. The number of nitrogens with zero attached hydrogens (tertiary/aromatic N) is 2. The van der Waals surface area contributed by atoms with Crippen LogP contribution in [0, 0.1) is 6.92 Å². The van der Waals surface area contributed by atoms with E-state index >= 15 is 0 Å². The number of unbranched alkanes of at least 4 members (excludes halogenated alkanes) is 2. The molecule has 2 heterocycles. The Balaban J connectivity index is 1.84. The van der Waals surface area contributed by atoms with Gasteiger partial charge < -0.3 is 19.1 Å². The fraction of sp³-hybridized carbons (Fsp3) is 0.480. The Labute approximate surface area is 209 Å². The highest BCUT2D eigenvalue weighted by molar-refractivity contribution is 7.92. The molecular formula is C25H37N3O5SSi. The highest BCUT2D eigenvalue weighted by atomic mass is 32.2. The number of aliphatic hydroxyl groups excluding tert-OH is 1. The van der Waals surface area contributed by atoms with E-state index in [-0.39, 0.29) is 23.1 Å². The number of aryl methyl sites for hydroxylation is 1. The van der Waals surface area contributed by atoms with Crippen molar-refractivity contribution in [1.82, 2.24) is 9.55 Å². The van der Waals surface area contributed by atoms with E-state index in [2.05, 4.69) is 29.3 Å².